The molecule has 1 unspecified atom stereocenters. The van der Waals surface area contributed by atoms with Crippen molar-refractivity contribution in [3.63, 3.8) is 0 Å². The Balaban J connectivity index is 1.98. The van der Waals surface area contributed by atoms with E-state index in [2.05, 4.69) is 15.3 Å². The van der Waals surface area contributed by atoms with Crippen LogP contribution in [0.25, 0.3) is 0 Å². The molecule has 0 aliphatic heterocycles. The fourth-order valence-electron chi connectivity index (χ4n) is 1.34. The van der Waals surface area contributed by atoms with Crippen LogP contribution in [0, 0.1) is 0 Å². The third-order valence-corrected chi connectivity index (χ3v) is 3.14. The number of aromatic nitrogens is 2. The number of nitrogens with zero attached hydrogens (tertiary/aromatic N) is 1. The first-order valence-corrected chi connectivity index (χ1v) is 6.47. The van der Waals surface area contributed by atoms with Crippen molar-refractivity contribution in [1.29, 1.82) is 0 Å². The fraction of sp³-hybridized carbons (Fsp3) is 0.182. The SMILES string of the molecule is CS(=O)c1ccc(NCc2ncc[nH]2)cc1. The standard InChI is InChI=1S/C11H13N3OS/c1-16(15)10-4-2-9(3-5-10)14-8-11-12-6-7-13-11/h2-7,14H,8H2,1H3,(H,12,13). The summed E-state index contributed by atoms with van der Waals surface area (Å²) in [4.78, 5) is 7.96. The zero-order chi connectivity index (χ0) is 11.4. The van der Waals surface area contributed by atoms with Gasteiger partial charge in [0.25, 0.3) is 0 Å². The van der Waals surface area contributed by atoms with Crippen molar-refractivity contribution < 1.29 is 4.21 Å². The summed E-state index contributed by atoms with van der Waals surface area (Å²) in [5, 5.41) is 3.22. The second kappa shape index (κ2) is 4.94. The molecule has 2 aromatic rings. The summed E-state index contributed by atoms with van der Waals surface area (Å²) < 4.78 is 11.2. The highest BCUT2D eigenvalue weighted by Crippen LogP contribution is 2.12. The van der Waals surface area contributed by atoms with E-state index in [1.807, 2.05) is 24.3 Å². The molecular formula is C11H13N3OS. The van der Waals surface area contributed by atoms with Crippen LogP contribution in [0.3, 0.4) is 0 Å². The summed E-state index contributed by atoms with van der Waals surface area (Å²) >= 11 is 0. The van der Waals surface area contributed by atoms with Crippen LogP contribution in [-0.2, 0) is 17.3 Å². The predicted molar refractivity (Wildman–Crippen MR) is 64.7 cm³/mol. The molecule has 0 saturated heterocycles. The lowest BCUT2D eigenvalue weighted by atomic mass is 10.3. The topological polar surface area (TPSA) is 57.8 Å². The number of imidazole rings is 1. The average molecular weight is 235 g/mol. The Morgan fingerprint density at radius 2 is 2.12 bits per heavy atom. The molecular weight excluding hydrogens is 222 g/mol. The number of aromatic amines is 1. The molecule has 0 bridgehead atoms. The lowest BCUT2D eigenvalue weighted by molar-refractivity contribution is 0.687. The molecule has 2 N–H and O–H groups in total. The van der Waals surface area contributed by atoms with Gasteiger partial charge in [0.05, 0.1) is 6.54 Å². The molecule has 4 nitrogen and oxygen atoms in total. The van der Waals surface area contributed by atoms with E-state index in [0.29, 0.717) is 6.54 Å². The maximum absolute atomic E-state index is 11.2. The Morgan fingerprint density at radius 3 is 2.69 bits per heavy atom. The van der Waals surface area contributed by atoms with Gasteiger partial charge in [-0.15, -0.1) is 0 Å². The van der Waals surface area contributed by atoms with Crippen LogP contribution in [0.15, 0.2) is 41.6 Å². The van der Waals surface area contributed by atoms with Crippen LogP contribution in [0.4, 0.5) is 5.69 Å². The van der Waals surface area contributed by atoms with Gasteiger partial charge in [-0.2, -0.15) is 0 Å². The van der Waals surface area contributed by atoms with Crippen LogP contribution in [0.2, 0.25) is 0 Å². The second-order valence-electron chi connectivity index (χ2n) is 3.37. The van der Waals surface area contributed by atoms with E-state index >= 15 is 0 Å². The minimum Gasteiger partial charge on any atom is -0.378 e. The summed E-state index contributed by atoms with van der Waals surface area (Å²) in [6.07, 6.45) is 5.19. The first kappa shape index (κ1) is 10.9. The van der Waals surface area contributed by atoms with Gasteiger partial charge in [-0.05, 0) is 24.3 Å². The highest BCUT2D eigenvalue weighted by atomic mass is 32.2. The Labute approximate surface area is 96.6 Å². The van der Waals surface area contributed by atoms with E-state index in [0.717, 1.165) is 16.4 Å². The summed E-state index contributed by atoms with van der Waals surface area (Å²) in [6.45, 7) is 0.654. The van der Waals surface area contributed by atoms with E-state index in [1.165, 1.54) is 0 Å². The number of nitrogens with one attached hydrogen (secondary N) is 2. The first-order valence-electron chi connectivity index (χ1n) is 4.91. The quantitative estimate of drug-likeness (QED) is 0.849. The normalized spacial score (nSPS) is 12.3. The molecule has 84 valence electrons. The summed E-state index contributed by atoms with van der Waals surface area (Å²) in [5.74, 6) is 0.892. The third kappa shape index (κ3) is 2.70. The molecule has 1 aromatic carbocycles. The molecule has 0 aliphatic rings. The zero-order valence-electron chi connectivity index (χ0n) is 8.93. The van der Waals surface area contributed by atoms with Crippen molar-refractivity contribution in [1.82, 2.24) is 9.97 Å². The van der Waals surface area contributed by atoms with E-state index in [1.54, 1.807) is 18.6 Å². The Hall–Kier alpha value is -1.62. The summed E-state index contributed by atoms with van der Waals surface area (Å²) in [7, 11) is -0.917. The van der Waals surface area contributed by atoms with Gasteiger partial charge in [-0.25, -0.2) is 4.98 Å². The van der Waals surface area contributed by atoms with Gasteiger partial charge >= 0.3 is 0 Å². The van der Waals surface area contributed by atoms with Gasteiger partial charge in [0.2, 0.25) is 0 Å². The molecule has 1 heterocycles. The fourth-order valence-corrected chi connectivity index (χ4v) is 1.86. The van der Waals surface area contributed by atoms with Crippen molar-refractivity contribution in [3.05, 3.63) is 42.5 Å². The molecule has 0 aliphatic carbocycles. The highest BCUT2D eigenvalue weighted by Gasteiger charge is 1.98. The molecule has 0 amide bonds. The summed E-state index contributed by atoms with van der Waals surface area (Å²) in [5.41, 5.74) is 0.991. The molecule has 1 atom stereocenters. The number of H-pyrrole nitrogens is 1. The van der Waals surface area contributed by atoms with E-state index in [-0.39, 0.29) is 0 Å². The van der Waals surface area contributed by atoms with Crippen LogP contribution in [0.5, 0.6) is 0 Å². The van der Waals surface area contributed by atoms with Crippen molar-refractivity contribution in [2.24, 2.45) is 0 Å². The monoisotopic (exact) mass is 235 g/mol. The third-order valence-electron chi connectivity index (χ3n) is 2.20. The highest BCUT2D eigenvalue weighted by molar-refractivity contribution is 7.84. The molecule has 0 fully saturated rings. The van der Waals surface area contributed by atoms with Gasteiger partial charge in [0.15, 0.2) is 0 Å². The average Bonchev–Trinajstić information content (AvgIpc) is 2.80. The van der Waals surface area contributed by atoms with E-state index in [9.17, 15) is 4.21 Å². The number of hydrogen-bond donors (Lipinski definition) is 2. The number of rotatable bonds is 4. The van der Waals surface area contributed by atoms with Gasteiger partial charge in [0, 0.05) is 40.0 Å². The Bertz CT molecular complexity index is 464. The van der Waals surface area contributed by atoms with Gasteiger partial charge in [-0.3, -0.25) is 4.21 Å². The van der Waals surface area contributed by atoms with Crippen molar-refractivity contribution in [2.75, 3.05) is 11.6 Å². The van der Waals surface area contributed by atoms with Crippen LogP contribution < -0.4 is 5.32 Å². The summed E-state index contributed by atoms with van der Waals surface area (Å²) in [6, 6.07) is 7.56. The first-order chi connectivity index (χ1) is 7.75. The zero-order valence-corrected chi connectivity index (χ0v) is 9.75. The van der Waals surface area contributed by atoms with Crippen molar-refractivity contribution in [3.8, 4) is 0 Å². The Morgan fingerprint density at radius 1 is 1.38 bits per heavy atom. The predicted octanol–water partition coefficient (Wildman–Crippen LogP) is 1.76. The second-order valence-corrected chi connectivity index (χ2v) is 4.75. The van der Waals surface area contributed by atoms with Crippen LogP contribution >= 0.6 is 0 Å². The van der Waals surface area contributed by atoms with E-state index in [4.69, 9.17) is 0 Å². The minimum atomic E-state index is -0.917. The van der Waals surface area contributed by atoms with Gasteiger partial charge < -0.3 is 10.3 Å². The largest absolute Gasteiger partial charge is 0.378 e. The van der Waals surface area contributed by atoms with Crippen molar-refractivity contribution in [2.45, 2.75) is 11.4 Å². The molecule has 5 heteroatoms. The van der Waals surface area contributed by atoms with Gasteiger partial charge in [-0.1, -0.05) is 0 Å². The molecule has 16 heavy (non-hydrogen) atoms. The maximum atomic E-state index is 11.2. The van der Waals surface area contributed by atoms with Crippen LogP contribution in [-0.4, -0.2) is 20.4 Å². The number of hydrogen-bond acceptors (Lipinski definition) is 3. The molecule has 0 radical (unpaired) electrons. The maximum Gasteiger partial charge on any atom is 0.125 e. The van der Waals surface area contributed by atoms with Gasteiger partial charge in [0.1, 0.15) is 5.82 Å². The molecule has 0 spiro atoms. The van der Waals surface area contributed by atoms with Crippen LogP contribution in [0.1, 0.15) is 5.82 Å². The number of anilines is 1. The molecule has 1 aromatic heterocycles. The molecule has 0 saturated carbocycles. The number of benzene rings is 1. The smallest absolute Gasteiger partial charge is 0.125 e. The minimum absolute atomic E-state index is 0.654. The van der Waals surface area contributed by atoms with E-state index < -0.39 is 10.8 Å². The lowest BCUT2D eigenvalue weighted by Crippen LogP contribution is -2.01. The Kier molecular flexibility index (Phi) is 3.36. The molecule has 2 rings (SSSR count). The lowest BCUT2D eigenvalue weighted by Gasteiger charge is -2.04. The van der Waals surface area contributed by atoms with Crippen molar-refractivity contribution >= 4 is 16.5 Å².